The first-order valence-corrected chi connectivity index (χ1v) is 9.66. The highest BCUT2D eigenvalue weighted by Gasteiger charge is 2.32. The molecule has 7 nitrogen and oxygen atoms in total. The molecule has 2 aromatic carbocycles. The summed E-state index contributed by atoms with van der Waals surface area (Å²) in [5, 5.41) is 11.0. The van der Waals surface area contributed by atoms with Crippen LogP contribution in [-0.4, -0.2) is 41.2 Å². The lowest BCUT2D eigenvalue weighted by Crippen LogP contribution is -2.30. The molecule has 0 bridgehead atoms. The number of carbonyl (C=O) groups is 1. The predicted octanol–water partition coefficient (Wildman–Crippen LogP) is 3.56. The van der Waals surface area contributed by atoms with Gasteiger partial charge in [-0.05, 0) is 30.7 Å². The van der Waals surface area contributed by atoms with Gasteiger partial charge in [-0.1, -0.05) is 12.1 Å². The molecule has 2 aromatic rings. The molecule has 1 fully saturated rings. The highest BCUT2D eigenvalue weighted by atomic mass is 32.2. The number of carbonyl (C=O) groups excluding carboxylic acids is 1. The van der Waals surface area contributed by atoms with E-state index in [1.165, 1.54) is 6.07 Å². The standard InChI is InChI=1S/C19H18N2O5S/c1-12-2-3-13(10-15(12)21(23)24)18(22)20-6-9-27-19(20)14-4-5-16-17(11-14)26-8-7-25-16/h2-5,10-11,19H,6-9H2,1H3/t19-/m1/s1. The summed E-state index contributed by atoms with van der Waals surface area (Å²) in [5.74, 6) is 1.99. The molecule has 0 saturated carbocycles. The van der Waals surface area contributed by atoms with Crippen LogP contribution in [-0.2, 0) is 0 Å². The highest BCUT2D eigenvalue weighted by Crippen LogP contribution is 2.42. The molecular formula is C19H18N2O5S. The maximum atomic E-state index is 13.0. The Hall–Kier alpha value is -2.74. The average molecular weight is 386 g/mol. The van der Waals surface area contributed by atoms with Crippen molar-refractivity contribution in [3.05, 3.63) is 63.2 Å². The van der Waals surface area contributed by atoms with Gasteiger partial charge in [0.05, 0.1) is 4.92 Å². The third-order valence-electron chi connectivity index (χ3n) is 4.66. The maximum absolute atomic E-state index is 13.0. The van der Waals surface area contributed by atoms with Gasteiger partial charge in [0.1, 0.15) is 18.6 Å². The lowest BCUT2D eigenvalue weighted by molar-refractivity contribution is -0.385. The van der Waals surface area contributed by atoms with Crippen LogP contribution in [0.5, 0.6) is 11.5 Å². The molecule has 0 N–H and O–H groups in total. The van der Waals surface area contributed by atoms with E-state index in [0.717, 1.165) is 11.3 Å². The number of nitro benzene ring substituents is 1. The number of nitrogens with zero attached hydrogens (tertiary/aromatic N) is 2. The van der Waals surface area contributed by atoms with Crippen molar-refractivity contribution in [2.75, 3.05) is 25.5 Å². The minimum atomic E-state index is -0.455. The summed E-state index contributed by atoms with van der Waals surface area (Å²) in [6.07, 6.45) is 0. The SMILES string of the molecule is Cc1ccc(C(=O)N2CCS[C@@H]2c2ccc3c(c2)OCCO3)cc1[N+](=O)[O-]. The summed E-state index contributed by atoms with van der Waals surface area (Å²) >= 11 is 1.67. The molecule has 2 aliphatic heterocycles. The first-order valence-electron chi connectivity index (χ1n) is 8.62. The second-order valence-corrected chi connectivity index (χ2v) is 7.57. The normalized spacial score (nSPS) is 18.4. The van der Waals surface area contributed by atoms with Gasteiger partial charge in [0.25, 0.3) is 11.6 Å². The number of rotatable bonds is 3. The van der Waals surface area contributed by atoms with Crippen molar-refractivity contribution in [3.8, 4) is 11.5 Å². The number of hydrogen-bond acceptors (Lipinski definition) is 6. The number of aryl methyl sites for hydroxylation is 1. The van der Waals surface area contributed by atoms with Gasteiger partial charge >= 0.3 is 0 Å². The molecule has 27 heavy (non-hydrogen) atoms. The van der Waals surface area contributed by atoms with Crippen molar-refractivity contribution in [1.29, 1.82) is 0 Å². The van der Waals surface area contributed by atoms with Crippen molar-refractivity contribution in [3.63, 3.8) is 0 Å². The summed E-state index contributed by atoms with van der Waals surface area (Å²) < 4.78 is 11.2. The average Bonchev–Trinajstić information content (AvgIpc) is 3.17. The summed E-state index contributed by atoms with van der Waals surface area (Å²) in [4.78, 5) is 25.5. The third-order valence-corrected chi connectivity index (χ3v) is 5.92. The van der Waals surface area contributed by atoms with Crippen molar-refractivity contribution in [2.45, 2.75) is 12.3 Å². The van der Waals surface area contributed by atoms with Crippen LogP contribution in [0.4, 0.5) is 5.69 Å². The smallest absolute Gasteiger partial charge is 0.273 e. The molecule has 4 rings (SSSR count). The third kappa shape index (κ3) is 3.32. The van der Waals surface area contributed by atoms with Crippen LogP contribution in [0.3, 0.4) is 0 Å². The van der Waals surface area contributed by atoms with E-state index < -0.39 is 4.92 Å². The van der Waals surface area contributed by atoms with Gasteiger partial charge in [0, 0.05) is 29.5 Å². The second kappa shape index (κ2) is 7.11. The zero-order valence-electron chi connectivity index (χ0n) is 14.7. The Morgan fingerprint density at radius 3 is 2.74 bits per heavy atom. The fraction of sp³-hybridized carbons (Fsp3) is 0.316. The molecule has 1 saturated heterocycles. The molecule has 0 unspecified atom stereocenters. The first kappa shape index (κ1) is 17.7. The lowest BCUT2D eigenvalue weighted by atomic mass is 10.1. The zero-order valence-corrected chi connectivity index (χ0v) is 15.5. The van der Waals surface area contributed by atoms with Crippen molar-refractivity contribution in [1.82, 2.24) is 4.90 Å². The lowest BCUT2D eigenvalue weighted by Gasteiger charge is -2.26. The summed E-state index contributed by atoms with van der Waals surface area (Å²) in [7, 11) is 0. The Morgan fingerprint density at radius 1 is 1.19 bits per heavy atom. The summed E-state index contributed by atoms with van der Waals surface area (Å²) in [5.41, 5.74) is 1.79. The van der Waals surface area contributed by atoms with Crippen LogP contribution < -0.4 is 9.47 Å². The second-order valence-electron chi connectivity index (χ2n) is 6.38. The predicted molar refractivity (Wildman–Crippen MR) is 102 cm³/mol. The molecule has 0 aromatic heterocycles. The van der Waals surface area contributed by atoms with Crippen molar-refractivity contribution >= 4 is 23.4 Å². The molecule has 0 spiro atoms. The molecular weight excluding hydrogens is 368 g/mol. The van der Waals surface area contributed by atoms with Gasteiger partial charge in [-0.15, -0.1) is 11.8 Å². The van der Waals surface area contributed by atoms with Crippen LogP contribution in [0.1, 0.15) is 26.9 Å². The summed E-state index contributed by atoms with van der Waals surface area (Å²) in [6.45, 7) is 3.28. The van der Waals surface area contributed by atoms with Crippen LogP contribution in [0, 0.1) is 17.0 Å². The number of thioether (sulfide) groups is 1. The van der Waals surface area contributed by atoms with E-state index in [-0.39, 0.29) is 17.0 Å². The molecule has 0 radical (unpaired) electrons. The van der Waals surface area contributed by atoms with Crippen LogP contribution in [0.15, 0.2) is 36.4 Å². The summed E-state index contributed by atoms with van der Waals surface area (Å²) in [6, 6.07) is 10.3. The molecule has 1 amide bonds. The minimum Gasteiger partial charge on any atom is -0.486 e. The van der Waals surface area contributed by atoms with E-state index in [1.54, 1.807) is 35.7 Å². The zero-order chi connectivity index (χ0) is 19.0. The van der Waals surface area contributed by atoms with Gasteiger partial charge in [-0.3, -0.25) is 14.9 Å². The van der Waals surface area contributed by atoms with Gasteiger partial charge < -0.3 is 14.4 Å². The van der Waals surface area contributed by atoms with Crippen LogP contribution in [0.2, 0.25) is 0 Å². The number of amides is 1. The van der Waals surface area contributed by atoms with E-state index in [9.17, 15) is 14.9 Å². The Morgan fingerprint density at radius 2 is 1.96 bits per heavy atom. The highest BCUT2D eigenvalue weighted by molar-refractivity contribution is 7.99. The quantitative estimate of drug-likeness (QED) is 0.593. The maximum Gasteiger partial charge on any atom is 0.273 e. The minimum absolute atomic E-state index is 0.0384. The van der Waals surface area contributed by atoms with E-state index in [4.69, 9.17) is 9.47 Å². The number of benzene rings is 2. The molecule has 1 atom stereocenters. The van der Waals surface area contributed by atoms with Gasteiger partial charge in [0.2, 0.25) is 0 Å². The molecule has 2 heterocycles. The fourth-order valence-corrected chi connectivity index (χ4v) is 4.52. The number of ether oxygens (including phenoxy) is 2. The number of hydrogen-bond donors (Lipinski definition) is 0. The van der Waals surface area contributed by atoms with E-state index >= 15 is 0 Å². The fourth-order valence-electron chi connectivity index (χ4n) is 3.27. The first-order chi connectivity index (χ1) is 13.0. The Kier molecular flexibility index (Phi) is 4.65. The topological polar surface area (TPSA) is 81.9 Å². The van der Waals surface area contributed by atoms with Crippen molar-refractivity contribution in [2.24, 2.45) is 0 Å². The molecule has 2 aliphatic rings. The molecule has 140 valence electrons. The van der Waals surface area contributed by atoms with Crippen LogP contribution in [0.25, 0.3) is 0 Å². The van der Waals surface area contributed by atoms with Crippen LogP contribution >= 0.6 is 11.8 Å². The van der Waals surface area contributed by atoms with Gasteiger partial charge in [-0.25, -0.2) is 0 Å². The van der Waals surface area contributed by atoms with E-state index in [0.29, 0.717) is 42.4 Å². The monoisotopic (exact) mass is 386 g/mol. The largest absolute Gasteiger partial charge is 0.486 e. The number of nitro groups is 1. The Bertz CT molecular complexity index is 917. The van der Waals surface area contributed by atoms with Gasteiger partial charge in [0.15, 0.2) is 11.5 Å². The van der Waals surface area contributed by atoms with E-state index in [2.05, 4.69) is 0 Å². The van der Waals surface area contributed by atoms with Gasteiger partial charge in [-0.2, -0.15) is 0 Å². The Labute approximate surface area is 160 Å². The molecule has 0 aliphatic carbocycles. The van der Waals surface area contributed by atoms with E-state index in [1.807, 2.05) is 18.2 Å². The Balaban J connectivity index is 1.62. The number of fused-ring (bicyclic) bond motifs is 1. The molecule has 8 heteroatoms. The van der Waals surface area contributed by atoms with Crippen molar-refractivity contribution < 1.29 is 19.2 Å².